The highest BCUT2D eigenvalue weighted by molar-refractivity contribution is 14.1. The molecule has 1 aliphatic rings. The minimum atomic E-state index is -4.33. The molecule has 0 bridgehead atoms. The second-order valence-electron chi connectivity index (χ2n) is 3.65. The van der Waals surface area contributed by atoms with Gasteiger partial charge in [0, 0.05) is 0 Å². The molecule has 0 heterocycles. The molecule has 1 fully saturated rings. The fraction of sp³-hybridized carbons (Fsp3) is 0.778. The summed E-state index contributed by atoms with van der Waals surface area (Å²) in [5.41, 5.74) is -1.23. The van der Waals surface area contributed by atoms with Gasteiger partial charge in [-0.1, -0.05) is 19.3 Å². The van der Waals surface area contributed by atoms with Crippen molar-refractivity contribution in [2.24, 2.45) is 0 Å². The molecule has 0 amide bonds. The van der Waals surface area contributed by atoms with Crippen molar-refractivity contribution in [1.29, 1.82) is 0 Å². The molecule has 0 aromatic rings. The summed E-state index contributed by atoms with van der Waals surface area (Å²) in [7, 11) is 0. The zero-order valence-corrected chi connectivity index (χ0v) is 9.73. The van der Waals surface area contributed by atoms with E-state index < -0.39 is 15.4 Å². The molecule has 1 saturated carbocycles. The van der Waals surface area contributed by atoms with Gasteiger partial charge < -0.3 is 5.11 Å². The van der Waals surface area contributed by atoms with Gasteiger partial charge in [0.15, 0.2) is 0 Å². The largest absolute Gasteiger partial charge is 0.421 e. The lowest BCUT2D eigenvalue weighted by molar-refractivity contribution is -0.0839. The Morgan fingerprint density at radius 3 is 2.14 bits per heavy atom. The van der Waals surface area contributed by atoms with Gasteiger partial charge in [0.1, 0.15) is 0 Å². The number of aliphatic hydroxyl groups is 1. The third-order valence-electron chi connectivity index (χ3n) is 2.39. The van der Waals surface area contributed by atoms with E-state index in [-0.39, 0.29) is 0 Å². The molecule has 1 rings (SSSR count). The van der Waals surface area contributed by atoms with Crippen molar-refractivity contribution in [3.05, 3.63) is 9.66 Å². The lowest BCUT2D eigenvalue weighted by atomic mass is 9.84. The Labute approximate surface area is 94.5 Å². The fourth-order valence-electron chi connectivity index (χ4n) is 1.63. The Balaban J connectivity index is 2.73. The Morgan fingerprint density at radius 1 is 1.21 bits per heavy atom. The van der Waals surface area contributed by atoms with Crippen LogP contribution in [0.2, 0.25) is 0 Å². The molecule has 1 N–H and O–H groups in total. The van der Waals surface area contributed by atoms with Crippen molar-refractivity contribution in [1.82, 2.24) is 0 Å². The van der Waals surface area contributed by atoms with Gasteiger partial charge in [0.05, 0.1) is 9.18 Å². The average molecular weight is 320 g/mol. The number of hydrogen-bond acceptors (Lipinski definition) is 1. The van der Waals surface area contributed by atoms with Crippen LogP contribution in [0.4, 0.5) is 13.2 Å². The topological polar surface area (TPSA) is 20.2 Å². The first-order chi connectivity index (χ1) is 6.33. The van der Waals surface area contributed by atoms with Crippen LogP contribution in [-0.4, -0.2) is 16.9 Å². The van der Waals surface area contributed by atoms with Crippen LogP contribution in [0.25, 0.3) is 0 Å². The normalized spacial score (nSPS) is 23.6. The van der Waals surface area contributed by atoms with Gasteiger partial charge in [-0.05, 0) is 41.5 Å². The third-order valence-corrected chi connectivity index (χ3v) is 3.31. The first-order valence-electron chi connectivity index (χ1n) is 4.51. The van der Waals surface area contributed by atoms with Crippen molar-refractivity contribution in [3.8, 4) is 0 Å². The Morgan fingerprint density at radius 2 is 1.71 bits per heavy atom. The highest BCUT2D eigenvalue weighted by atomic mass is 127. The zero-order chi connectivity index (χ0) is 10.8. The Hall–Kier alpha value is 0.220. The van der Waals surface area contributed by atoms with Gasteiger partial charge in [0.25, 0.3) is 0 Å². The van der Waals surface area contributed by atoms with Gasteiger partial charge in [-0.25, -0.2) is 0 Å². The summed E-state index contributed by atoms with van der Waals surface area (Å²) < 4.78 is 35.8. The smallest absolute Gasteiger partial charge is 0.386 e. The number of allylic oxidation sites excluding steroid dienone is 1. The van der Waals surface area contributed by atoms with E-state index in [1.165, 1.54) is 22.6 Å². The standard InChI is InChI=1S/C9H12F3IO/c10-9(11,12)7(13)6-8(14)4-2-1-3-5-8/h6,14H,1-5H2/b7-6-. The molecule has 0 aliphatic heterocycles. The monoisotopic (exact) mass is 320 g/mol. The number of rotatable bonds is 1. The molecule has 0 aromatic carbocycles. The molecule has 82 valence electrons. The first kappa shape index (κ1) is 12.3. The Kier molecular flexibility index (Phi) is 3.85. The molecule has 1 aliphatic carbocycles. The van der Waals surface area contributed by atoms with Crippen molar-refractivity contribution in [2.75, 3.05) is 0 Å². The molecular weight excluding hydrogens is 308 g/mol. The molecule has 14 heavy (non-hydrogen) atoms. The summed E-state index contributed by atoms with van der Waals surface area (Å²) in [6.45, 7) is 0. The van der Waals surface area contributed by atoms with E-state index in [1.807, 2.05) is 0 Å². The molecule has 0 atom stereocenters. The van der Waals surface area contributed by atoms with E-state index in [1.54, 1.807) is 0 Å². The van der Waals surface area contributed by atoms with Crippen molar-refractivity contribution in [2.45, 2.75) is 43.9 Å². The first-order valence-corrected chi connectivity index (χ1v) is 5.59. The molecule has 0 saturated heterocycles. The van der Waals surface area contributed by atoms with Crippen molar-refractivity contribution in [3.63, 3.8) is 0 Å². The summed E-state index contributed by atoms with van der Waals surface area (Å²) in [6.07, 6.45) is 0.119. The minimum absolute atomic E-state index is 0.440. The summed E-state index contributed by atoms with van der Waals surface area (Å²) >= 11 is 1.24. The summed E-state index contributed by atoms with van der Waals surface area (Å²) in [6, 6.07) is 0. The average Bonchev–Trinajstić information content (AvgIpc) is 2.02. The van der Waals surface area contributed by atoms with E-state index in [0.29, 0.717) is 12.8 Å². The van der Waals surface area contributed by atoms with Gasteiger partial charge in [0.2, 0.25) is 0 Å². The molecule has 0 unspecified atom stereocenters. The number of alkyl halides is 3. The van der Waals surface area contributed by atoms with Crippen LogP contribution < -0.4 is 0 Å². The lowest BCUT2D eigenvalue weighted by Crippen LogP contribution is -2.30. The second kappa shape index (κ2) is 4.38. The third kappa shape index (κ3) is 3.42. The van der Waals surface area contributed by atoms with Crippen molar-refractivity contribution < 1.29 is 18.3 Å². The predicted molar refractivity (Wildman–Crippen MR) is 56.2 cm³/mol. The van der Waals surface area contributed by atoms with Gasteiger partial charge in [-0.15, -0.1) is 0 Å². The molecule has 1 nitrogen and oxygen atoms in total. The maximum absolute atomic E-state index is 12.2. The molecule has 0 spiro atoms. The van der Waals surface area contributed by atoms with Crippen LogP contribution in [0, 0.1) is 0 Å². The molecule has 0 radical (unpaired) electrons. The van der Waals surface area contributed by atoms with Crippen LogP contribution in [-0.2, 0) is 0 Å². The zero-order valence-electron chi connectivity index (χ0n) is 7.57. The summed E-state index contributed by atoms with van der Waals surface area (Å²) in [5.74, 6) is 0. The van der Waals surface area contributed by atoms with Crippen molar-refractivity contribution >= 4 is 22.6 Å². The molecule has 0 aromatic heterocycles. The van der Waals surface area contributed by atoms with E-state index in [9.17, 15) is 18.3 Å². The van der Waals surface area contributed by atoms with Crippen LogP contribution in [0.15, 0.2) is 9.66 Å². The fourth-order valence-corrected chi connectivity index (χ4v) is 2.21. The lowest BCUT2D eigenvalue weighted by Gasteiger charge is -2.29. The van der Waals surface area contributed by atoms with Crippen LogP contribution >= 0.6 is 22.6 Å². The van der Waals surface area contributed by atoms with Gasteiger partial charge in [-0.3, -0.25) is 0 Å². The van der Waals surface area contributed by atoms with Crippen LogP contribution in [0.1, 0.15) is 32.1 Å². The minimum Gasteiger partial charge on any atom is -0.386 e. The highest BCUT2D eigenvalue weighted by Crippen LogP contribution is 2.36. The van der Waals surface area contributed by atoms with Crippen LogP contribution in [0.5, 0.6) is 0 Å². The number of halogens is 4. The predicted octanol–water partition coefficient (Wildman–Crippen LogP) is 3.56. The van der Waals surface area contributed by atoms with Gasteiger partial charge >= 0.3 is 6.18 Å². The SMILES string of the molecule is OC1(/C=C(\I)C(F)(F)F)CCCCC1. The summed E-state index contributed by atoms with van der Waals surface area (Å²) in [4.78, 5) is 0. The maximum Gasteiger partial charge on any atom is 0.421 e. The highest BCUT2D eigenvalue weighted by Gasteiger charge is 2.36. The second-order valence-corrected chi connectivity index (χ2v) is 4.82. The van der Waals surface area contributed by atoms with Gasteiger partial charge in [-0.2, -0.15) is 13.2 Å². The number of hydrogen-bond donors (Lipinski definition) is 1. The quantitative estimate of drug-likeness (QED) is 0.733. The Bertz CT molecular complexity index is 229. The van der Waals surface area contributed by atoms with E-state index in [4.69, 9.17) is 0 Å². The maximum atomic E-state index is 12.2. The molecule has 5 heteroatoms. The van der Waals surface area contributed by atoms with E-state index in [2.05, 4.69) is 0 Å². The molecular formula is C9H12F3IO. The van der Waals surface area contributed by atoms with E-state index in [0.717, 1.165) is 25.3 Å². The van der Waals surface area contributed by atoms with Crippen LogP contribution in [0.3, 0.4) is 0 Å². The van der Waals surface area contributed by atoms with E-state index >= 15 is 0 Å². The summed E-state index contributed by atoms with van der Waals surface area (Å²) in [5, 5.41) is 9.82.